The van der Waals surface area contributed by atoms with E-state index >= 15 is 0 Å². The lowest BCUT2D eigenvalue weighted by molar-refractivity contribution is 0.0951. The number of rotatable bonds is 5. The number of nitrogens with one attached hydrogen (secondary N) is 1. The highest BCUT2D eigenvalue weighted by Crippen LogP contribution is 2.23. The molecule has 3 nitrogen and oxygen atoms in total. The van der Waals surface area contributed by atoms with Crippen LogP contribution in [-0.2, 0) is 12.0 Å². The number of carbonyl (C=O) groups is 1. The number of benzene rings is 3. The molecule has 0 aliphatic carbocycles. The fraction of sp³-hybridized carbons (Fsp3) is 0.208. The summed E-state index contributed by atoms with van der Waals surface area (Å²) in [5.41, 5.74) is 3.11. The average molecular weight is 359 g/mol. The first-order chi connectivity index (χ1) is 12.9. The summed E-state index contributed by atoms with van der Waals surface area (Å²) in [5, 5.41) is 2.96. The summed E-state index contributed by atoms with van der Waals surface area (Å²) in [6, 6.07) is 25.1. The van der Waals surface area contributed by atoms with Crippen LogP contribution in [0.2, 0.25) is 0 Å². The van der Waals surface area contributed by atoms with E-state index in [1.807, 2.05) is 30.3 Å². The van der Waals surface area contributed by atoms with Crippen molar-refractivity contribution in [3.63, 3.8) is 0 Å². The third-order valence-electron chi connectivity index (χ3n) is 4.37. The zero-order chi connectivity index (χ0) is 19.3. The number of ether oxygens (including phenoxy) is 1. The van der Waals surface area contributed by atoms with Gasteiger partial charge in [0.15, 0.2) is 0 Å². The molecule has 3 rings (SSSR count). The predicted octanol–water partition coefficient (Wildman–Crippen LogP) is 5.71. The van der Waals surface area contributed by atoms with Crippen LogP contribution >= 0.6 is 0 Å². The van der Waals surface area contributed by atoms with E-state index < -0.39 is 0 Å². The maximum Gasteiger partial charge on any atom is 0.251 e. The summed E-state index contributed by atoms with van der Waals surface area (Å²) in [6.07, 6.45) is 0. The van der Waals surface area contributed by atoms with Crippen LogP contribution < -0.4 is 10.1 Å². The Labute approximate surface area is 161 Å². The summed E-state index contributed by atoms with van der Waals surface area (Å²) in [4.78, 5) is 12.4. The van der Waals surface area contributed by atoms with Gasteiger partial charge < -0.3 is 10.1 Å². The van der Waals surface area contributed by atoms with Gasteiger partial charge >= 0.3 is 0 Å². The minimum absolute atomic E-state index is 0.0961. The SMILES string of the molecule is CC(C)(C)c1ccc(CNC(=O)c2ccc(Oc3ccccc3)cc2)cc1. The molecule has 1 N–H and O–H groups in total. The van der Waals surface area contributed by atoms with Crippen LogP contribution in [0, 0.1) is 0 Å². The van der Waals surface area contributed by atoms with E-state index in [1.165, 1.54) is 5.56 Å². The van der Waals surface area contributed by atoms with Crippen LogP contribution in [0.1, 0.15) is 42.3 Å². The Morgan fingerprint density at radius 1 is 0.815 bits per heavy atom. The fourth-order valence-corrected chi connectivity index (χ4v) is 2.71. The number of carbonyl (C=O) groups excluding carboxylic acids is 1. The molecule has 0 atom stereocenters. The summed E-state index contributed by atoms with van der Waals surface area (Å²) >= 11 is 0. The van der Waals surface area contributed by atoms with E-state index in [2.05, 4.69) is 50.4 Å². The molecule has 138 valence electrons. The van der Waals surface area contributed by atoms with E-state index in [4.69, 9.17) is 4.74 Å². The van der Waals surface area contributed by atoms with Gasteiger partial charge in [0.1, 0.15) is 11.5 Å². The molecule has 3 aromatic rings. The van der Waals surface area contributed by atoms with Crippen molar-refractivity contribution in [2.24, 2.45) is 0 Å². The molecule has 27 heavy (non-hydrogen) atoms. The molecule has 0 bridgehead atoms. The Kier molecular flexibility index (Phi) is 5.60. The monoisotopic (exact) mass is 359 g/mol. The van der Waals surface area contributed by atoms with Crippen molar-refractivity contribution in [3.8, 4) is 11.5 Å². The molecule has 0 aromatic heterocycles. The predicted molar refractivity (Wildman–Crippen MR) is 109 cm³/mol. The standard InChI is InChI=1S/C24H25NO2/c1-24(2,3)20-13-9-18(10-14-20)17-25-23(26)19-11-15-22(16-12-19)27-21-7-5-4-6-8-21/h4-16H,17H2,1-3H3,(H,25,26). The third-order valence-corrected chi connectivity index (χ3v) is 4.37. The lowest BCUT2D eigenvalue weighted by Crippen LogP contribution is -2.22. The first-order valence-corrected chi connectivity index (χ1v) is 9.12. The van der Waals surface area contributed by atoms with Crippen molar-refractivity contribution in [1.82, 2.24) is 5.32 Å². The van der Waals surface area contributed by atoms with Gasteiger partial charge in [-0.1, -0.05) is 63.2 Å². The van der Waals surface area contributed by atoms with Crippen LogP contribution in [0.25, 0.3) is 0 Å². The first kappa shape index (κ1) is 18.7. The van der Waals surface area contributed by atoms with Crippen LogP contribution in [0.4, 0.5) is 0 Å². The van der Waals surface area contributed by atoms with Crippen molar-refractivity contribution in [1.29, 1.82) is 0 Å². The Balaban J connectivity index is 1.56. The minimum atomic E-state index is -0.0961. The topological polar surface area (TPSA) is 38.3 Å². The van der Waals surface area contributed by atoms with Crippen molar-refractivity contribution in [2.75, 3.05) is 0 Å². The Morgan fingerprint density at radius 2 is 1.41 bits per heavy atom. The van der Waals surface area contributed by atoms with Gasteiger partial charge in [0.2, 0.25) is 0 Å². The molecule has 0 spiro atoms. The quantitative estimate of drug-likeness (QED) is 0.634. The lowest BCUT2D eigenvalue weighted by Gasteiger charge is -2.19. The van der Waals surface area contributed by atoms with E-state index in [0.717, 1.165) is 11.3 Å². The number of hydrogen-bond acceptors (Lipinski definition) is 2. The number of hydrogen-bond donors (Lipinski definition) is 1. The van der Waals surface area contributed by atoms with Crippen LogP contribution in [0.15, 0.2) is 78.9 Å². The number of para-hydroxylation sites is 1. The van der Waals surface area contributed by atoms with Crippen molar-refractivity contribution >= 4 is 5.91 Å². The average Bonchev–Trinajstić information content (AvgIpc) is 2.67. The smallest absolute Gasteiger partial charge is 0.251 e. The molecule has 1 amide bonds. The van der Waals surface area contributed by atoms with Gasteiger partial charge in [0.05, 0.1) is 0 Å². The maximum atomic E-state index is 12.4. The van der Waals surface area contributed by atoms with Crippen molar-refractivity contribution in [2.45, 2.75) is 32.7 Å². The van der Waals surface area contributed by atoms with Gasteiger partial charge in [-0.05, 0) is 52.9 Å². The second-order valence-corrected chi connectivity index (χ2v) is 7.57. The van der Waals surface area contributed by atoms with Crippen molar-refractivity contribution in [3.05, 3.63) is 95.6 Å². The molecule has 3 heteroatoms. The number of amides is 1. The van der Waals surface area contributed by atoms with Gasteiger partial charge in [-0.2, -0.15) is 0 Å². The molecule has 0 aliphatic rings. The highest BCUT2D eigenvalue weighted by molar-refractivity contribution is 5.94. The van der Waals surface area contributed by atoms with E-state index in [1.54, 1.807) is 24.3 Å². The van der Waals surface area contributed by atoms with Gasteiger partial charge in [-0.3, -0.25) is 4.79 Å². The fourth-order valence-electron chi connectivity index (χ4n) is 2.71. The summed E-state index contributed by atoms with van der Waals surface area (Å²) in [5.74, 6) is 1.38. The zero-order valence-corrected chi connectivity index (χ0v) is 16.0. The van der Waals surface area contributed by atoms with Gasteiger partial charge in [-0.15, -0.1) is 0 Å². The lowest BCUT2D eigenvalue weighted by atomic mass is 9.87. The molecular formula is C24H25NO2. The minimum Gasteiger partial charge on any atom is -0.457 e. The maximum absolute atomic E-state index is 12.4. The highest BCUT2D eigenvalue weighted by atomic mass is 16.5. The van der Waals surface area contributed by atoms with Crippen LogP contribution in [0.3, 0.4) is 0 Å². The van der Waals surface area contributed by atoms with Crippen molar-refractivity contribution < 1.29 is 9.53 Å². The Bertz CT molecular complexity index is 876. The summed E-state index contributed by atoms with van der Waals surface area (Å²) in [7, 11) is 0. The molecule has 0 aliphatic heterocycles. The van der Waals surface area contributed by atoms with Gasteiger partial charge in [0.25, 0.3) is 5.91 Å². The molecule has 0 saturated heterocycles. The molecule has 0 heterocycles. The van der Waals surface area contributed by atoms with E-state index in [-0.39, 0.29) is 11.3 Å². The molecule has 3 aromatic carbocycles. The molecule has 0 unspecified atom stereocenters. The molecular weight excluding hydrogens is 334 g/mol. The highest BCUT2D eigenvalue weighted by Gasteiger charge is 2.13. The molecule has 0 radical (unpaired) electrons. The Hall–Kier alpha value is -3.07. The third kappa shape index (κ3) is 5.20. The Morgan fingerprint density at radius 3 is 2.00 bits per heavy atom. The first-order valence-electron chi connectivity index (χ1n) is 9.12. The molecule has 0 fully saturated rings. The van der Waals surface area contributed by atoms with Gasteiger partial charge in [0, 0.05) is 12.1 Å². The van der Waals surface area contributed by atoms with E-state index in [0.29, 0.717) is 17.9 Å². The van der Waals surface area contributed by atoms with Crippen LogP contribution in [-0.4, -0.2) is 5.91 Å². The zero-order valence-electron chi connectivity index (χ0n) is 16.0. The largest absolute Gasteiger partial charge is 0.457 e. The second kappa shape index (κ2) is 8.09. The normalized spacial score (nSPS) is 11.1. The molecule has 0 saturated carbocycles. The second-order valence-electron chi connectivity index (χ2n) is 7.57. The summed E-state index contributed by atoms with van der Waals surface area (Å²) in [6.45, 7) is 7.07. The van der Waals surface area contributed by atoms with Crippen LogP contribution in [0.5, 0.6) is 11.5 Å². The van der Waals surface area contributed by atoms with Gasteiger partial charge in [-0.25, -0.2) is 0 Å². The van der Waals surface area contributed by atoms with E-state index in [9.17, 15) is 4.79 Å². The summed E-state index contributed by atoms with van der Waals surface area (Å²) < 4.78 is 5.75.